The Morgan fingerprint density at radius 2 is 2.00 bits per heavy atom. The van der Waals surface area contributed by atoms with Gasteiger partial charge in [-0.05, 0) is 18.2 Å². The molecule has 0 saturated carbocycles. The highest BCUT2D eigenvalue weighted by Gasteiger charge is 2.33. The summed E-state index contributed by atoms with van der Waals surface area (Å²) in [5, 5.41) is 1.91. The van der Waals surface area contributed by atoms with Crippen molar-refractivity contribution in [1.29, 1.82) is 0 Å². The number of benzene rings is 1. The van der Waals surface area contributed by atoms with Crippen molar-refractivity contribution in [3.8, 4) is 5.75 Å². The zero-order chi connectivity index (χ0) is 14.2. The molecule has 1 aliphatic rings. The first-order valence-corrected chi connectivity index (χ1v) is 5.32. The lowest BCUT2D eigenvalue weighted by atomic mass is 10.3. The molecule has 0 unspecified atom stereocenters. The van der Waals surface area contributed by atoms with Crippen molar-refractivity contribution in [1.82, 2.24) is 5.32 Å². The van der Waals surface area contributed by atoms with E-state index in [0.717, 1.165) is 23.1 Å². The van der Waals surface area contributed by atoms with Gasteiger partial charge in [0.15, 0.2) is 0 Å². The van der Waals surface area contributed by atoms with Crippen LogP contribution in [-0.4, -0.2) is 24.8 Å². The van der Waals surface area contributed by atoms with E-state index in [2.05, 4.69) is 10.1 Å². The summed E-state index contributed by atoms with van der Waals surface area (Å²) < 4.78 is 39.8. The molecule has 1 aliphatic heterocycles. The van der Waals surface area contributed by atoms with Crippen molar-refractivity contribution in [2.75, 3.05) is 11.4 Å². The van der Waals surface area contributed by atoms with Crippen LogP contribution in [0.3, 0.4) is 0 Å². The monoisotopic (exact) mass is 294 g/mol. The zero-order valence-electron chi connectivity index (χ0n) is 9.12. The van der Waals surface area contributed by atoms with Crippen LogP contribution in [0.15, 0.2) is 18.2 Å². The van der Waals surface area contributed by atoms with Crippen molar-refractivity contribution in [2.45, 2.75) is 6.36 Å². The normalized spacial score (nSPS) is 15.7. The van der Waals surface area contributed by atoms with E-state index in [4.69, 9.17) is 11.6 Å². The summed E-state index contributed by atoms with van der Waals surface area (Å²) in [5.74, 6) is -1.13. The fourth-order valence-corrected chi connectivity index (χ4v) is 1.73. The first-order chi connectivity index (χ1) is 8.78. The van der Waals surface area contributed by atoms with E-state index in [1.54, 1.807) is 0 Å². The van der Waals surface area contributed by atoms with E-state index in [1.807, 2.05) is 0 Å². The van der Waals surface area contributed by atoms with E-state index in [1.165, 1.54) is 0 Å². The molecule has 1 saturated heterocycles. The lowest BCUT2D eigenvalue weighted by molar-refractivity contribution is -0.274. The van der Waals surface area contributed by atoms with Gasteiger partial charge in [0.25, 0.3) is 5.91 Å². The maximum atomic E-state index is 12.0. The Hall–Kier alpha value is -1.96. The number of anilines is 1. The number of nitrogens with one attached hydrogen (secondary N) is 1. The molecule has 1 N–H and O–H groups in total. The lowest BCUT2D eigenvalue weighted by Crippen LogP contribution is -2.30. The van der Waals surface area contributed by atoms with Crippen LogP contribution in [0.4, 0.5) is 23.7 Å². The first kappa shape index (κ1) is 13.5. The molecule has 0 spiro atoms. The SMILES string of the molecule is O=C1CNC(=O)N1c1ccc(OC(F)(F)F)c(Cl)c1. The molecule has 0 atom stereocenters. The molecule has 1 aromatic carbocycles. The molecule has 2 rings (SSSR count). The molecular weight excluding hydrogens is 289 g/mol. The van der Waals surface area contributed by atoms with Crippen LogP contribution in [0, 0.1) is 0 Å². The van der Waals surface area contributed by atoms with Gasteiger partial charge in [-0.1, -0.05) is 11.6 Å². The number of imide groups is 1. The number of carbonyl (C=O) groups is 2. The summed E-state index contributed by atoms with van der Waals surface area (Å²) in [5.41, 5.74) is 0.0690. The minimum Gasteiger partial charge on any atom is -0.404 e. The molecule has 0 bridgehead atoms. The van der Waals surface area contributed by atoms with E-state index in [-0.39, 0.29) is 17.3 Å². The van der Waals surface area contributed by atoms with Crippen LogP contribution in [0.2, 0.25) is 5.02 Å². The summed E-state index contributed by atoms with van der Waals surface area (Å²) >= 11 is 5.61. The Kier molecular flexibility index (Phi) is 3.27. The topological polar surface area (TPSA) is 58.6 Å². The van der Waals surface area contributed by atoms with Crippen LogP contribution in [-0.2, 0) is 4.79 Å². The molecule has 0 aliphatic carbocycles. The lowest BCUT2D eigenvalue weighted by Gasteiger charge is -2.15. The largest absolute Gasteiger partial charge is 0.573 e. The standard InChI is InChI=1S/C10H6ClF3N2O3/c11-6-3-5(16-8(17)4-15-9(16)18)1-2-7(6)19-10(12,13)14/h1-3H,4H2,(H,15,18). The number of amides is 3. The van der Waals surface area contributed by atoms with Crippen LogP contribution >= 0.6 is 11.6 Å². The fourth-order valence-electron chi connectivity index (χ4n) is 1.52. The number of ether oxygens (including phenoxy) is 1. The van der Waals surface area contributed by atoms with Gasteiger partial charge in [-0.25, -0.2) is 9.69 Å². The predicted octanol–water partition coefficient (Wildman–Crippen LogP) is 2.29. The number of carbonyl (C=O) groups excluding carboxylic acids is 2. The molecule has 1 fully saturated rings. The average Bonchev–Trinajstić information content (AvgIpc) is 2.60. The zero-order valence-corrected chi connectivity index (χ0v) is 9.88. The van der Waals surface area contributed by atoms with Gasteiger partial charge >= 0.3 is 12.4 Å². The molecule has 3 amide bonds. The number of alkyl halides is 3. The summed E-state index contributed by atoms with van der Waals surface area (Å²) in [4.78, 5) is 23.5. The van der Waals surface area contributed by atoms with Gasteiger partial charge in [0.05, 0.1) is 17.3 Å². The fraction of sp³-hybridized carbons (Fsp3) is 0.200. The van der Waals surface area contributed by atoms with Gasteiger partial charge in [-0.15, -0.1) is 13.2 Å². The molecular formula is C10H6ClF3N2O3. The van der Waals surface area contributed by atoms with Crippen molar-refractivity contribution in [3.63, 3.8) is 0 Å². The maximum Gasteiger partial charge on any atom is 0.573 e. The van der Waals surface area contributed by atoms with Gasteiger partial charge in [0.2, 0.25) is 0 Å². The molecule has 102 valence electrons. The minimum atomic E-state index is -4.87. The third-order valence-electron chi connectivity index (χ3n) is 2.24. The van der Waals surface area contributed by atoms with Gasteiger partial charge in [-0.3, -0.25) is 4.79 Å². The molecule has 1 heterocycles. The number of hydrogen-bond acceptors (Lipinski definition) is 3. The van der Waals surface area contributed by atoms with Crippen molar-refractivity contribution in [2.24, 2.45) is 0 Å². The molecule has 0 aromatic heterocycles. The Bertz CT molecular complexity index is 531. The summed E-state index contributed by atoms with van der Waals surface area (Å²) in [6, 6.07) is 2.45. The quantitative estimate of drug-likeness (QED) is 0.852. The highest BCUT2D eigenvalue weighted by molar-refractivity contribution is 6.32. The summed E-state index contributed by atoms with van der Waals surface area (Å²) in [6.07, 6.45) is -4.87. The first-order valence-electron chi connectivity index (χ1n) is 4.94. The molecule has 0 radical (unpaired) electrons. The third-order valence-corrected chi connectivity index (χ3v) is 2.54. The maximum absolute atomic E-state index is 12.0. The number of rotatable bonds is 2. The number of urea groups is 1. The molecule has 9 heteroatoms. The summed E-state index contributed by atoms with van der Waals surface area (Å²) in [7, 11) is 0. The minimum absolute atomic E-state index is 0.0690. The average molecular weight is 295 g/mol. The van der Waals surface area contributed by atoms with E-state index >= 15 is 0 Å². The Morgan fingerprint density at radius 1 is 1.32 bits per heavy atom. The van der Waals surface area contributed by atoms with E-state index < -0.39 is 24.1 Å². The Morgan fingerprint density at radius 3 is 2.47 bits per heavy atom. The van der Waals surface area contributed by atoms with Crippen LogP contribution in [0.1, 0.15) is 0 Å². The second-order valence-corrected chi connectivity index (χ2v) is 3.96. The van der Waals surface area contributed by atoms with Crippen LogP contribution in [0.25, 0.3) is 0 Å². The van der Waals surface area contributed by atoms with E-state index in [0.29, 0.717) is 0 Å². The summed E-state index contributed by atoms with van der Waals surface area (Å²) in [6.45, 7) is -0.169. The van der Waals surface area contributed by atoms with Crippen LogP contribution in [0.5, 0.6) is 5.75 Å². The third kappa shape index (κ3) is 2.90. The second kappa shape index (κ2) is 4.61. The van der Waals surface area contributed by atoms with Crippen molar-refractivity contribution >= 4 is 29.2 Å². The Balaban J connectivity index is 2.29. The van der Waals surface area contributed by atoms with Crippen molar-refractivity contribution < 1.29 is 27.5 Å². The van der Waals surface area contributed by atoms with Gasteiger partial charge in [-0.2, -0.15) is 0 Å². The number of halogens is 4. The van der Waals surface area contributed by atoms with Gasteiger partial charge < -0.3 is 10.1 Å². The van der Waals surface area contributed by atoms with Crippen LogP contribution < -0.4 is 15.0 Å². The smallest absolute Gasteiger partial charge is 0.404 e. The van der Waals surface area contributed by atoms with Gasteiger partial charge in [0.1, 0.15) is 5.75 Å². The van der Waals surface area contributed by atoms with Crippen molar-refractivity contribution in [3.05, 3.63) is 23.2 Å². The predicted molar refractivity (Wildman–Crippen MR) is 59.0 cm³/mol. The number of hydrogen-bond donors (Lipinski definition) is 1. The Labute approximate surface area is 109 Å². The second-order valence-electron chi connectivity index (χ2n) is 3.55. The van der Waals surface area contributed by atoms with Gasteiger partial charge in [0, 0.05) is 0 Å². The molecule has 5 nitrogen and oxygen atoms in total. The highest BCUT2D eigenvalue weighted by atomic mass is 35.5. The molecule has 19 heavy (non-hydrogen) atoms. The highest BCUT2D eigenvalue weighted by Crippen LogP contribution is 2.33. The molecule has 1 aromatic rings. The van der Waals surface area contributed by atoms with E-state index in [9.17, 15) is 22.8 Å². The number of nitrogens with zero attached hydrogens (tertiary/aromatic N) is 1.